The summed E-state index contributed by atoms with van der Waals surface area (Å²) in [6, 6.07) is -0.284. The van der Waals surface area contributed by atoms with Crippen LogP contribution in [0.15, 0.2) is 22.1 Å². The monoisotopic (exact) mass is 298 g/mol. The minimum atomic E-state index is -3.62. The van der Waals surface area contributed by atoms with Crippen molar-refractivity contribution in [2.75, 3.05) is 0 Å². The highest BCUT2D eigenvalue weighted by atomic mass is 32.2. The van der Waals surface area contributed by atoms with Gasteiger partial charge in [0.1, 0.15) is 5.76 Å². The van der Waals surface area contributed by atoms with Gasteiger partial charge in [0.2, 0.25) is 5.16 Å². The lowest BCUT2D eigenvalue weighted by atomic mass is 10.1. The maximum Gasteiger partial charge on any atom is 0.274 e. The predicted molar refractivity (Wildman–Crippen MR) is 72.7 cm³/mol. The number of nitrogens with zero attached hydrogens (tertiary/aromatic N) is 3. The van der Waals surface area contributed by atoms with Gasteiger partial charge in [-0.2, -0.15) is 0 Å². The van der Waals surface area contributed by atoms with E-state index in [0.29, 0.717) is 12.2 Å². The second-order valence-corrected chi connectivity index (χ2v) is 6.46. The molecule has 1 atom stereocenters. The van der Waals surface area contributed by atoms with Crippen molar-refractivity contribution >= 4 is 10.0 Å². The Morgan fingerprint density at radius 3 is 2.65 bits per heavy atom. The molecule has 0 fully saturated rings. The van der Waals surface area contributed by atoms with Gasteiger partial charge < -0.3 is 9.09 Å². The van der Waals surface area contributed by atoms with Crippen molar-refractivity contribution in [3.05, 3.63) is 29.4 Å². The lowest BCUT2D eigenvalue weighted by molar-refractivity contribution is 0.392. The summed E-state index contributed by atoms with van der Waals surface area (Å²) in [4.78, 5) is 3.85. The Morgan fingerprint density at radius 1 is 1.45 bits per heavy atom. The van der Waals surface area contributed by atoms with Crippen LogP contribution in [-0.4, -0.2) is 29.2 Å². The predicted octanol–water partition coefficient (Wildman–Crippen LogP) is 0.934. The third kappa shape index (κ3) is 2.91. The van der Waals surface area contributed by atoms with Gasteiger partial charge in [0.15, 0.2) is 0 Å². The lowest BCUT2D eigenvalue weighted by Gasteiger charge is -2.13. The maximum absolute atomic E-state index is 12.2. The SMILES string of the molecule is Cc1noc(C)c1CC(C)NS(=O)(=O)c1nccn1C. The second-order valence-electron chi connectivity index (χ2n) is 4.85. The number of nitrogens with one attached hydrogen (secondary N) is 1. The fraction of sp³-hybridized carbons (Fsp3) is 0.500. The topological polar surface area (TPSA) is 90.0 Å². The summed E-state index contributed by atoms with van der Waals surface area (Å²) in [5.74, 6) is 0.713. The Balaban J connectivity index is 2.13. The highest BCUT2D eigenvalue weighted by Gasteiger charge is 2.23. The minimum Gasteiger partial charge on any atom is -0.361 e. The quantitative estimate of drug-likeness (QED) is 0.887. The van der Waals surface area contributed by atoms with Crippen LogP contribution in [-0.2, 0) is 23.5 Å². The fourth-order valence-electron chi connectivity index (χ4n) is 2.07. The molecule has 2 heterocycles. The molecule has 2 rings (SSSR count). The molecule has 2 aromatic rings. The molecular formula is C12H18N4O3S. The van der Waals surface area contributed by atoms with Crippen LogP contribution in [0.4, 0.5) is 0 Å². The van der Waals surface area contributed by atoms with E-state index >= 15 is 0 Å². The highest BCUT2D eigenvalue weighted by molar-refractivity contribution is 7.89. The molecule has 0 radical (unpaired) electrons. The minimum absolute atomic E-state index is 0.00288. The molecule has 0 aliphatic heterocycles. The molecular weight excluding hydrogens is 280 g/mol. The third-order valence-electron chi connectivity index (χ3n) is 3.07. The average Bonchev–Trinajstić information content (AvgIpc) is 2.90. The van der Waals surface area contributed by atoms with Gasteiger partial charge in [-0.15, -0.1) is 0 Å². The summed E-state index contributed by atoms with van der Waals surface area (Å²) in [7, 11) is -1.99. The van der Waals surface area contributed by atoms with Gasteiger partial charge in [0.05, 0.1) is 5.69 Å². The number of sulfonamides is 1. The van der Waals surface area contributed by atoms with Crippen molar-refractivity contribution in [3.63, 3.8) is 0 Å². The van der Waals surface area contributed by atoms with Crippen molar-refractivity contribution in [2.24, 2.45) is 7.05 Å². The molecule has 110 valence electrons. The third-order valence-corrected chi connectivity index (χ3v) is 4.65. The zero-order valence-electron chi connectivity index (χ0n) is 11.9. The largest absolute Gasteiger partial charge is 0.361 e. The van der Waals surface area contributed by atoms with Gasteiger partial charge in [-0.05, 0) is 27.2 Å². The Kier molecular flexibility index (Phi) is 3.96. The first-order valence-corrected chi connectivity index (χ1v) is 7.71. The fourth-order valence-corrected chi connectivity index (χ4v) is 3.43. The Hall–Kier alpha value is -1.67. The standard InChI is InChI=1S/C12H18N4O3S/c1-8(7-11-9(2)14-19-10(11)3)15-20(17,18)12-13-5-6-16(12)4/h5-6,8,15H,7H2,1-4H3. The van der Waals surface area contributed by atoms with Crippen LogP contribution < -0.4 is 4.72 Å². The van der Waals surface area contributed by atoms with E-state index in [4.69, 9.17) is 4.52 Å². The van der Waals surface area contributed by atoms with Crippen molar-refractivity contribution < 1.29 is 12.9 Å². The molecule has 1 unspecified atom stereocenters. The van der Waals surface area contributed by atoms with E-state index < -0.39 is 10.0 Å². The smallest absolute Gasteiger partial charge is 0.274 e. The van der Waals surface area contributed by atoms with Crippen LogP contribution in [0.3, 0.4) is 0 Å². The van der Waals surface area contributed by atoms with Crippen molar-refractivity contribution in [1.82, 2.24) is 19.4 Å². The van der Waals surface area contributed by atoms with Gasteiger partial charge in [-0.1, -0.05) is 5.16 Å². The number of hydrogen-bond donors (Lipinski definition) is 1. The normalized spacial score (nSPS) is 13.6. The molecule has 0 amide bonds. The molecule has 0 aliphatic rings. The van der Waals surface area contributed by atoms with Gasteiger partial charge >= 0.3 is 0 Å². The van der Waals surface area contributed by atoms with Crippen molar-refractivity contribution in [3.8, 4) is 0 Å². The number of rotatable bonds is 5. The number of aryl methyl sites for hydroxylation is 3. The molecule has 0 spiro atoms. The summed E-state index contributed by atoms with van der Waals surface area (Å²) in [5, 5.41) is 3.86. The van der Waals surface area contributed by atoms with Gasteiger partial charge in [0.25, 0.3) is 10.0 Å². The summed E-state index contributed by atoms with van der Waals surface area (Å²) < 4.78 is 33.5. The van der Waals surface area contributed by atoms with Crippen LogP contribution in [0.1, 0.15) is 23.9 Å². The Bertz CT molecular complexity index is 683. The van der Waals surface area contributed by atoms with Crippen LogP contribution >= 0.6 is 0 Å². The Labute approximate surface area is 118 Å². The Morgan fingerprint density at radius 2 is 2.15 bits per heavy atom. The van der Waals surface area contributed by atoms with Crippen LogP contribution in [0.2, 0.25) is 0 Å². The zero-order valence-corrected chi connectivity index (χ0v) is 12.7. The van der Waals surface area contributed by atoms with Gasteiger partial charge in [-0.3, -0.25) is 0 Å². The van der Waals surface area contributed by atoms with Gasteiger partial charge in [-0.25, -0.2) is 18.1 Å². The first-order chi connectivity index (χ1) is 9.31. The van der Waals surface area contributed by atoms with Crippen LogP contribution in [0.5, 0.6) is 0 Å². The molecule has 20 heavy (non-hydrogen) atoms. The second kappa shape index (κ2) is 5.37. The van der Waals surface area contributed by atoms with Crippen LogP contribution in [0, 0.1) is 13.8 Å². The maximum atomic E-state index is 12.2. The van der Waals surface area contributed by atoms with E-state index in [1.54, 1.807) is 20.2 Å². The van der Waals surface area contributed by atoms with E-state index in [1.165, 1.54) is 10.8 Å². The van der Waals surface area contributed by atoms with Gasteiger partial charge in [0, 0.05) is 31.0 Å². The average molecular weight is 298 g/mol. The highest BCUT2D eigenvalue weighted by Crippen LogP contribution is 2.15. The molecule has 1 N–H and O–H groups in total. The molecule has 7 nitrogen and oxygen atoms in total. The van der Waals surface area contributed by atoms with Crippen molar-refractivity contribution in [2.45, 2.75) is 38.4 Å². The number of aromatic nitrogens is 3. The molecule has 0 aliphatic carbocycles. The molecule has 0 aromatic carbocycles. The molecule has 0 bridgehead atoms. The molecule has 0 saturated heterocycles. The molecule has 0 saturated carbocycles. The summed E-state index contributed by atoms with van der Waals surface area (Å²) in [5.41, 5.74) is 1.71. The zero-order chi connectivity index (χ0) is 14.9. The number of imidazole rings is 1. The lowest BCUT2D eigenvalue weighted by Crippen LogP contribution is -2.35. The van der Waals surface area contributed by atoms with E-state index in [1.807, 2.05) is 13.8 Å². The van der Waals surface area contributed by atoms with E-state index in [9.17, 15) is 8.42 Å². The summed E-state index contributed by atoms with van der Waals surface area (Å²) in [6.07, 6.45) is 3.56. The van der Waals surface area contributed by atoms with E-state index in [0.717, 1.165) is 11.3 Å². The number of hydrogen-bond acceptors (Lipinski definition) is 5. The first-order valence-electron chi connectivity index (χ1n) is 6.22. The van der Waals surface area contributed by atoms with E-state index in [-0.39, 0.29) is 11.2 Å². The summed E-state index contributed by atoms with van der Waals surface area (Å²) in [6.45, 7) is 5.45. The summed E-state index contributed by atoms with van der Waals surface area (Å²) >= 11 is 0. The first kappa shape index (κ1) is 14.7. The van der Waals surface area contributed by atoms with Crippen LogP contribution in [0.25, 0.3) is 0 Å². The molecule has 8 heteroatoms. The molecule has 2 aromatic heterocycles. The van der Waals surface area contributed by atoms with Crippen molar-refractivity contribution in [1.29, 1.82) is 0 Å². The van der Waals surface area contributed by atoms with E-state index in [2.05, 4.69) is 14.9 Å².